The molecule has 2 unspecified atom stereocenters. The summed E-state index contributed by atoms with van der Waals surface area (Å²) in [5.74, 6) is -0.792. The summed E-state index contributed by atoms with van der Waals surface area (Å²) in [6.07, 6.45) is 83.5. The third-order valence-electron chi connectivity index (χ3n) is 14.1. The normalized spacial score (nSPS) is 13.8. The topological polar surface area (TPSA) is 108 Å². The molecule has 0 radical (unpaired) electrons. The van der Waals surface area contributed by atoms with Gasteiger partial charge in [-0.25, -0.2) is 4.57 Å². The van der Waals surface area contributed by atoms with Crippen molar-refractivity contribution in [3.63, 3.8) is 0 Å². The first-order valence-electron chi connectivity index (χ1n) is 33.0. The van der Waals surface area contributed by atoms with Crippen molar-refractivity contribution in [2.45, 2.75) is 290 Å². The van der Waals surface area contributed by atoms with Crippen molar-refractivity contribution in [3.05, 3.63) is 97.2 Å². The molecule has 0 heterocycles. The number of unbranched alkanes of at least 4 members (excludes halogenated alkanes) is 30. The average Bonchev–Trinajstić information content (AvgIpc) is 3.42. The van der Waals surface area contributed by atoms with Gasteiger partial charge in [-0.05, 0) is 89.9 Å². The molecular formula is C70H125NO8P+. The second-order valence-electron chi connectivity index (χ2n) is 23.1. The van der Waals surface area contributed by atoms with E-state index in [4.69, 9.17) is 18.5 Å². The first kappa shape index (κ1) is 76.9. The third kappa shape index (κ3) is 64.1. The van der Waals surface area contributed by atoms with Gasteiger partial charge in [0.25, 0.3) is 0 Å². The minimum absolute atomic E-state index is 0.0294. The predicted octanol–water partition coefficient (Wildman–Crippen LogP) is 21.2. The molecule has 462 valence electrons. The molecular weight excluding hydrogens is 1010 g/mol. The quantitative estimate of drug-likeness (QED) is 0.0211. The van der Waals surface area contributed by atoms with Crippen LogP contribution in [0, 0.1) is 0 Å². The molecule has 0 rings (SSSR count). The van der Waals surface area contributed by atoms with E-state index in [-0.39, 0.29) is 32.0 Å². The predicted molar refractivity (Wildman–Crippen MR) is 344 cm³/mol. The molecule has 0 aromatic rings. The van der Waals surface area contributed by atoms with Crippen LogP contribution >= 0.6 is 7.82 Å². The van der Waals surface area contributed by atoms with Crippen LogP contribution in [0.2, 0.25) is 0 Å². The van der Waals surface area contributed by atoms with Gasteiger partial charge in [0.1, 0.15) is 19.8 Å². The first-order chi connectivity index (χ1) is 39.0. The van der Waals surface area contributed by atoms with Gasteiger partial charge in [-0.1, -0.05) is 278 Å². The molecule has 0 aromatic heterocycles. The van der Waals surface area contributed by atoms with E-state index in [9.17, 15) is 19.0 Å². The number of phosphoric acid groups is 1. The van der Waals surface area contributed by atoms with Crippen molar-refractivity contribution in [2.75, 3.05) is 47.5 Å². The zero-order valence-electron chi connectivity index (χ0n) is 52.5. The standard InChI is InChI=1S/C70H124NO8P/c1-6-8-10-12-14-16-18-20-22-24-26-28-30-32-34-35-37-39-41-43-45-47-49-51-53-55-57-59-61-63-70(73)79-68(67-78-80(74,75)77-65-64-71(3,4)5)66-76-69(72)62-60-58-56-54-52-50-48-46-44-42-40-38-36-33-31-29-27-25-23-21-19-17-15-13-11-9-7-2/h8-11,14-17,20-23,26-29,68H,6-7,12-13,18-19,24-25,30-67H2,1-5H3/p+1/b10-8-,11-9-,16-14-,17-15-,22-20-,23-21-,28-26-,29-27-. The van der Waals surface area contributed by atoms with Gasteiger partial charge >= 0.3 is 19.8 Å². The molecule has 0 amide bonds. The van der Waals surface area contributed by atoms with Gasteiger partial charge in [-0.15, -0.1) is 0 Å². The van der Waals surface area contributed by atoms with Gasteiger partial charge in [-0.3, -0.25) is 18.6 Å². The summed E-state index contributed by atoms with van der Waals surface area (Å²) in [7, 11) is 1.48. The van der Waals surface area contributed by atoms with Crippen molar-refractivity contribution < 1.29 is 42.1 Å². The molecule has 0 fully saturated rings. The van der Waals surface area contributed by atoms with Crippen molar-refractivity contribution in [1.82, 2.24) is 0 Å². The van der Waals surface area contributed by atoms with Gasteiger partial charge in [0.05, 0.1) is 27.7 Å². The molecule has 10 heteroatoms. The Morgan fingerprint density at radius 3 is 1.00 bits per heavy atom. The van der Waals surface area contributed by atoms with Crippen LogP contribution in [0.3, 0.4) is 0 Å². The highest BCUT2D eigenvalue weighted by Crippen LogP contribution is 2.43. The van der Waals surface area contributed by atoms with Crippen LogP contribution < -0.4 is 0 Å². The number of ether oxygens (including phenoxy) is 2. The number of allylic oxidation sites excluding steroid dienone is 16. The second kappa shape index (κ2) is 60.5. The Bertz CT molecular complexity index is 1670. The maximum absolute atomic E-state index is 12.9. The Balaban J connectivity index is 4.07. The Kier molecular flexibility index (Phi) is 58.2. The van der Waals surface area contributed by atoms with Crippen molar-refractivity contribution in [1.29, 1.82) is 0 Å². The summed E-state index contributed by atoms with van der Waals surface area (Å²) in [4.78, 5) is 35.8. The first-order valence-corrected chi connectivity index (χ1v) is 34.5. The largest absolute Gasteiger partial charge is 0.472 e. The zero-order chi connectivity index (χ0) is 58.4. The number of nitrogens with zero attached hydrogens (tertiary/aromatic N) is 1. The molecule has 80 heavy (non-hydrogen) atoms. The Hall–Kier alpha value is -3.07. The zero-order valence-corrected chi connectivity index (χ0v) is 53.4. The lowest BCUT2D eigenvalue weighted by molar-refractivity contribution is -0.870. The van der Waals surface area contributed by atoms with Gasteiger partial charge in [0.2, 0.25) is 0 Å². The third-order valence-corrected chi connectivity index (χ3v) is 15.1. The summed E-state index contributed by atoms with van der Waals surface area (Å²) in [5.41, 5.74) is 0. The fourth-order valence-corrected chi connectivity index (χ4v) is 9.86. The number of rotatable bonds is 60. The van der Waals surface area contributed by atoms with Crippen LogP contribution in [-0.4, -0.2) is 74.9 Å². The average molecular weight is 1140 g/mol. The highest BCUT2D eigenvalue weighted by atomic mass is 31.2. The van der Waals surface area contributed by atoms with E-state index in [1.165, 1.54) is 167 Å². The highest BCUT2D eigenvalue weighted by Gasteiger charge is 2.27. The van der Waals surface area contributed by atoms with E-state index in [0.717, 1.165) is 83.5 Å². The molecule has 2 atom stereocenters. The Labute approximate surface area is 493 Å². The number of carbonyl (C=O) groups is 2. The summed E-state index contributed by atoms with van der Waals surface area (Å²) in [6, 6.07) is 0. The minimum Gasteiger partial charge on any atom is -0.462 e. The summed E-state index contributed by atoms with van der Waals surface area (Å²) in [6.45, 7) is 4.24. The summed E-state index contributed by atoms with van der Waals surface area (Å²) >= 11 is 0. The SMILES string of the molecule is CC/C=C\C/C=C\C/C=C\C/C=C\CCCCCCCCCCCCCCCCCCC(=O)OC(COC(=O)CCCCCCCCCCCCCCCC/C=C\C/C=C\C/C=C\C/C=C\CC)COP(=O)(O)OCC[N+](C)(C)C. The molecule has 0 bridgehead atoms. The van der Waals surface area contributed by atoms with Crippen LogP contribution in [0.25, 0.3) is 0 Å². The lowest BCUT2D eigenvalue weighted by Crippen LogP contribution is -2.37. The summed E-state index contributed by atoms with van der Waals surface area (Å²) in [5, 5.41) is 0. The van der Waals surface area contributed by atoms with Crippen LogP contribution in [-0.2, 0) is 32.7 Å². The molecule has 0 saturated heterocycles. The van der Waals surface area contributed by atoms with E-state index in [2.05, 4.69) is 111 Å². The highest BCUT2D eigenvalue weighted by molar-refractivity contribution is 7.47. The number of quaternary nitrogens is 1. The lowest BCUT2D eigenvalue weighted by atomic mass is 10.0. The van der Waals surface area contributed by atoms with E-state index in [1.54, 1.807) is 0 Å². The maximum atomic E-state index is 12.9. The molecule has 0 aliphatic rings. The minimum atomic E-state index is -4.39. The molecule has 1 N–H and O–H groups in total. The van der Waals surface area contributed by atoms with E-state index >= 15 is 0 Å². The smallest absolute Gasteiger partial charge is 0.462 e. The number of carbonyl (C=O) groups excluding carboxylic acids is 2. The summed E-state index contributed by atoms with van der Waals surface area (Å²) < 4.78 is 34.7. The Morgan fingerprint density at radius 1 is 0.388 bits per heavy atom. The van der Waals surface area contributed by atoms with Crippen LogP contribution in [0.15, 0.2) is 97.2 Å². The molecule has 0 saturated carbocycles. The maximum Gasteiger partial charge on any atom is 0.472 e. The molecule has 0 aromatic carbocycles. The van der Waals surface area contributed by atoms with Crippen molar-refractivity contribution in [3.8, 4) is 0 Å². The fraction of sp³-hybridized carbons (Fsp3) is 0.743. The number of hydrogen-bond donors (Lipinski definition) is 1. The number of esters is 2. The number of phosphoric ester groups is 1. The second-order valence-corrected chi connectivity index (χ2v) is 24.5. The molecule has 0 aliphatic carbocycles. The van der Waals surface area contributed by atoms with Crippen LogP contribution in [0.1, 0.15) is 284 Å². The fourth-order valence-electron chi connectivity index (χ4n) is 9.12. The van der Waals surface area contributed by atoms with Gasteiger partial charge in [-0.2, -0.15) is 0 Å². The van der Waals surface area contributed by atoms with E-state index in [1.807, 2.05) is 21.1 Å². The van der Waals surface area contributed by atoms with Gasteiger partial charge < -0.3 is 18.9 Å². The van der Waals surface area contributed by atoms with E-state index in [0.29, 0.717) is 17.4 Å². The monoisotopic (exact) mass is 1140 g/mol. The number of likely N-dealkylation sites (N-methyl/N-ethyl adjacent to an activating group) is 1. The van der Waals surface area contributed by atoms with Crippen LogP contribution in [0.5, 0.6) is 0 Å². The Morgan fingerprint density at radius 2 is 0.675 bits per heavy atom. The van der Waals surface area contributed by atoms with Gasteiger partial charge in [0.15, 0.2) is 6.10 Å². The van der Waals surface area contributed by atoms with E-state index < -0.39 is 26.5 Å². The lowest BCUT2D eigenvalue weighted by Gasteiger charge is -2.24. The number of hydrogen-bond acceptors (Lipinski definition) is 7. The van der Waals surface area contributed by atoms with Gasteiger partial charge in [0, 0.05) is 12.8 Å². The molecule has 9 nitrogen and oxygen atoms in total. The molecule has 0 aliphatic heterocycles. The van der Waals surface area contributed by atoms with Crippen molar-refractivity contribution in [2.24, 2.45) is 0 Å². The van der Waals surface area contributed by atoms with Crippen LogP contribution in [0.4, 0.5) is 0 Å². The van der Waals surface area contributed by atoms with Crippen molar-refractivity contribution >= 4 is 19.8 Å². The molecule has 0 spiro atoms.